The zero-order chi connectivity index (χ0) is 16.4. The van der Waals surface area contributed by atoms with E-state index < -0.39 is 5.97 Å². The molecule has 0 radical (unpaired) electrons. The van der Waals surface area contributed by atoms with Crippen LogP contribution >= 0.6 is 0 Å². The minimum atomic E-state index is -0.914. The van der Waals surface area contributed by atoms with Gasteiger partial charge in [-0.25, -0.2) is 9.78 Å². The number of carbonyl (C=O) groups is 1. The predicted molar refractivity (Wildman–Crippen MR) is 89.6 cm³/mol. The molecule has 0 bridgehead atoms. The quantitative estimate of drug-likeness (QED) is 0.802. The SMILES string of the molecule is CC1(C)CCCC1CCNCc1cnc2ccc(C(=O)O)cn12. The highest BCUT2D eigenvalue weighted by Gasteiger charge is 2.33. The molecule has 0 saturated heterocycles. The van der Waals surface area contributed by atoms with Gasteiger partial charge in [-0.2, -0.15) is 0 Å². The van der Waals surface area contributed by atoms with Gasteiger partial charge < -0.3 is 14.8 Å². The Hall–Kier alpha value is -1.88. The number of pyridine rings is 1. The molecule has 2 aromatic heterocycles. The standard InChI is InChI=1S/C18H25N3O2/c1-18(2)8-3-4-14(18)7-9-19-10-15-11-20-16-6-5-13(17(22)23)12-21(15)16/h5-6,11-12,14,19H,3-4,7-10H2,1-2H3,(H,22,23). The molecular weight excluding hydrogens is 290 g/mol. The van der Waals surface area contributed by atoms with Gasteiger partial charge in [0.05, 0.1) is 17.5 Å². The molecule has 0 aliphatic heterocycles. The molecule has 2 aromatic rings. The Bertz CT molecular complexity index is 705. The molecule has 0 aromatic carbocycles. The summed E-state index contributed by atoms with van der Waals surface area (Å²) in [6, 6.07) is 3.33. The summed E-state index contributed by atoms with van der Waals surface area (Å²) in [5.41, 5.74) is 2.53. The van der Waals surface area contributed by atoms with Gasteiger partial charge >= 0.3 is 5.97 Å². The Kier molecular flexibility index (Phi) is 4.39. The molecule has 1 aliphatic carbocycles. The number of aromatic nitrogens is 2. The number of nitrogens with one attached hydrogen (secondary N) is 1. The number of carboxylic acid groups (broad SMARTS) is 1. The lowest BCUT2D eigenvalue weighted by atomic mass is 9.80. The number of hydrogen-bond acceptors (Lipinski definition) is 3. The molecule has 23 heavy (non-hydrogen) atoms. The first kappa shape index (κ1) is 16.0. The lowest BCUT2D eigenvalue weighted by Crippen LogP contribution is -2.24. The number of imidazole rings is 1. The van der Waals surface area contributed by atoms with Gasteiger partial charge in [-0.1, -0.05) is 20.3 Å². The van der Waals surface area contributed by atoms with Crippen LogP contribution in [0.3, 0.4) is 0 Å². The number of aromatic carboxylic acids is 1. The van der Waals surface area contributed by atoms with Gasteiger partial charge in [0.2, 0.25) is 0 Å². The van der Waals surface area contributed by atoms with Crippen LogP contribution in [0.2, 0.25) is 0 Å². The molecule has 1 aliphatic rings. The van der Waals surface area contributed by atoms with E-state index in [2.05, 4.69) is 24.1 Å². The fourth-order valence-corrected chi connectivity index (χ4v) is 3.72. The van der Waals surface area contributed by atoms with Crippen LogP contribution in [0.4, 0.5) is 0 Å². The lowest BCUT2D eigenvalue weighted by molar-refractivity contribution is 0.0696. The number of nitrogens with zero attached hydrogens (tertiary/aromatic N) is 2. The van der Waals surface area contributed by atoms with E-state index in [1.54, 1.807) is 18.3 Å². The van der Waals surface area contributed by atoms with E-state index in [1.807, 2.05) is 10.6 Å². The summed E-state index contributed by atoms with van der Waals surface area (Å²) < 4.78 is 1.86. The van der Waals surface area contributed by atoms with Crippen molar-refractivity contribution in [3.05, 3.63) is 35.8 Å². The molecular formula is C18H25N3O2. The third kappa shape index (κ3) is 3.39. The van der Waals surface area contributed by atoms with Crippen molar-refractivity contribution in [1.29, 1.82) is 0 Å². The predicted octanol–water partition coefficient (Wildman–Crippen LogP) is 3.34. The first-order valence-electron chi connectivity index (χ1n) is 8.37. The van der Waals surface area contributed by atoms with Crippen LogP contribution in [0, 0.1) is 11.3 Å². The van der Waals surface area contributed by atoms with Gasteiger partial charge in [0.15, 0.2) is 0 Å². The molecule has 2 N–H and O–H groups in total. The van der Waals surface area contributed by atoms with E-state index in [9.17, 15) is 4.79 Å². The maximum atomic E-state index is 11.1. The summed E-state index contributed by atoms with van der Waals surface area (Å²) in [6.07, 6.45) is 8.68. The highest BCUT2D eigenvalue weighted by Crippen LogP contribution is 2.44. The smallest absolute Gasteiger partial charge is 0.337 e. The Labute approximate surface area is 136 Å². The molecule has 124 valence electrons. The fraction of sp³-hybridized carbons (Fsp3) is 0.556. The van der Waals surface area contributed by atoms with E-state index in [1.165, 1.54) is 25.7 Å². The van der Waals surface area contributed by atoms with Gasteiger partial charge in [-0.15, -0.1) is 0 Å². The van der Waals surface area contributed by atoms with Crippen LogP contribution in [0.1, 0.15) is 55.6 Å². The number of rotatable bonds is 6. The Morgan fingerprint density at radius 2 is 2.30 bits per heavy atom. The summed E-state index contributed by atoms with van der Waals surface area (Å²) in [5.74, 6) is -0.112. The van der Waals surface area contributed by atoms with Crippen molar-refractivity contribution in [3.8, 4) is 0 Å². The van der Waals surface area contributed by atoms with Crippen molar-refractivity contribution in [2.75, 3.05) is 6.54 Å². The molecule has 0 amide bonds. The van der Waals surface area contributed by atoms with Crippen LogP contribution in [0.5, 0.6) is 0 Å². The summed E-state index contributed by atoms with van der Waals surface area (Å²) in [6.45, 7) is 6.45. The average Bonchev–Trinajstić information content (AvgIpc) is 3.06. The zero-order valence-corrected chi connectivity index (χ0v) is 13.9. The van der Waals surface area contributed by atoms with Crippen molar-refractivity contribution in [1.82, 2.24) is 14.7 Å². The first-order chi connectivity index (χ1) is 11.0. The van der Waals surface area contributed by atoms with Crippen LogP contribution < -0.4 is 5.32 Å². The van der Waals surface area contributed by atoms with Crippen LogP contribution in [-0.2, 0) is 6.54 Å². The third-order valence-electron chi connectivity index (χ3n) is 5.28. The first-order valence-corrected chi connectivity index (χ1v) is 8.37. The van der Waals surface area contributed by atoms with Crippen molar-refractivity contribution < 1.29 is 9.90 Å². The zero-order valence-electron chi connectivity index (χ0n) is 13.9. The van der Waals surface area contributed by atoms with Crippen molar-refractivity contribution >= 4 is 11.6 Å². The van der Waals surface area contributed by atoms with Crippen molar-refractivity contribution in [3.63, 3.8) is 0 Å². The molecule has 1 fully saturated rings. The van der Waals surface area contributed by atoms with Gasteiger partial charge in [-0.05, 0) is 49.3 Å². The van der Waals surface area contributed by atoms with E-state index in [0.29, 0.717) is 12.0 Å². The molecule has 1 atom stereocenters. The molecule has 1 saturated carbocycles. The second-order valence-electron chi connectivity index (χ2n) is 7.24. The lowest BCUT2D eigenvalue weighted by Gasteiger charge is -2.27. The van der Waals surface area contributed by atoms with Crippen molar-refractivity contribution in [2.24, 2.45) is 11.3 Å². The van der Waals surface area contributed by atoms with E-state index in [0.717, 1.165) is 23.8 Å². The summed E-state index contributed by atoms with van der Waals surface area (Å²) in [5, 5.41) is 12.6. The third-order valence-corrected chi connectivity index (χ3v) is 5.28. The Morgan fingerprint density at radius 1 is 1.48 bits per heavy atom. The second kappa shape index (κ2) is 6.32. The molecule has 0 spiro atoms. The summed E-state index contributed by atoms with van der Waals surface area (Å²) in [7, 11) is 0. The van der Waals surface area contributed by atoms with E-state index >= 15 is 0 Å². The van der Waals surface area contributed by atoms with Crippen LogP contribution in [-0.4, -0.2) is 27.0 Å². The molecule has 2 heterocycles. The van der Waals surface area contributed by atoms with Gasteiger partial charge in [0.1, 0.15) is 5.65 Å². The molecule has 5 heteroatoms. The van der Waals surface area contributed by atoms with E-state index in [-0.39, 0.29) is 5.56 Å². The second-order valence-corrected chi connectivity index (χ2v) is 7.24. The minimum absolute atomic E-state index is 0.282. The fourth-order valence-electron chi connectivity index (χ4n) is 3.72. The number of hydrogen-bond donors (Lipinski definition) is 2. The Morgan fingerprint density at radius 3 is 3.00 bits per heavy atom. The summed E-state index contributed by atoms with van der Waals surface area (Å²) >= 11 is 0. The van der Waals surface area contributed by atoms with Crippen molar-refractivity contribution in [2.45, 2.75) is 46.1 Å². The summed E-state index contributed by atoms with van der Waals surface area (Å²) in [4.78, 5) is 15.4. The topological polar surface area (TPSA) is 66.6 Å². The van der Waals surface area contributed by atoms with Crippen LogP contribution in [0.25, 0.3) is 5.65 Å². The largest absolute Gasteiger partial charge is 0.478 e. The number of carboxylic acids is 1. The maximum Gasteiger partial charge on any atom is 0.337 e. The maximum absolute atomic E-state index is 11.1. The van der Waals surface area contributed by atoms with E-state index in [4.69, 9.17) is 5.11 Å². The number of fused-ring (bicyclic) bond motifs is 1. The van der Waals surface area contributed by atoms with Gasteiger partial charge in [0, 0.05) is 12.7 Å². The molecule has 1 unspecified atom stereocenters. The van der Waals surface area contributed by atoms with Gasteiger partial charge in [-0.3, -0.25) is 0 Å². The van der Waals surface area contributed by atoms with Gasteiger partial charge in [0.25, 0.3) is 0 Å². The highest BCUT2D eigenvalue weighted by molar-refractivity contribution is 5.87. The van der Waals surface area contributed by atoms with Crippen LogP contribution in [0.15, 0.2) is 24.5 Å². The normalized spacial score (nSPS) is 20.2. The minimum Gasteiger partial charge on any atom is -0.478 e. The molecule has 5 nitrogen and oxygen atoms in total. The average molecular weight is 315 g/mol. The Balaban J connectivity index is 1.59. The monoisotopic (exact) mass is 315 g/mol. The molecule has 3 rings (SSSR count). The highest BCUT2D eigenvalue weighted by atomic mass is 16.4.